The fraction of sp³-hybridized carbons (Fsp3) is 0.421. The molecule has 1 aromatic carbocycles. The molecule has 138 valence electrons. The topological polar surface area (TPSA) is 81.2 Å². The summed E-state index contributed by atoms with van der Waals surface area (Å²) in [4.78, 5) is 30.2. The second-order valence-electron chi connectivity index (χ2n) is 6.72. The first kappa shape index (κ1) is 18.5. The molecule has 1 fully saturated rings. The van der Waals surface area contributed by atoms with Crippen molar-refractivity contribution < 1.29 is 9.59 Å². The monoisotopic (exact) mass is 372 g/mol. The first-order valence-corrected chi connectivity index (χ1v) is 9.78. The lowest BCUT2D eigenvalue weighted by Gasteiger charge is -2.33. The van der Waals surface area contributed by atoms with Crippen molar-refractivity contribution in [3.8, 4) is 5.69 Å². The highest BCUT2D eigenvalue weighted by Crippen LogP contribution is 2.24. The van der Waals surface area contributed by atoms with Crippen LogP contribution in [-0.2, 0) is 9.59 Å². The van der Waals surface area contributed by atoms with Crippen molar-refractivity contribution in [3.05, 3.63) is 41.7 Å². The summed E-state index contributed by atoms with van der Waals surface area (Å²) >= 11 is 1.38. The number of thioether (sulfide) groups is 1. The second kappa shape index (κ2) is 7.95. The van der Waals surface area contributed by atoms with Crippen molar-refractivity contribution in [1.82, 2.24) is 14.5 Å². The van der Waals surface area contributed by atoms with E-state index in [-0.39, 0.29) is 11.7 Å². The molecular weight excluding hydrogens is 348 g/mol. The smallest absolute Gasteiger partial charge is 0.240 e. The zero-order valence-electron chi connectivity index (χ0n) is 15.1. The quantitative estimate of drug-likeness (QED) is 0.818. The maximum absolute atomic E-state index is 12.6. The van der Waals surface area contributed by atoms with Gasteiger partial charge in [0.05, 0.1) is 5.75 Å². The van der Waals surface area contributed by atoms with E-state index in [0.29, 0.717) is 13.0 Å². The van der Waals surface area contributed by atoms with E-state index in [9.17, 15) is 9.59 Å². The van der Waals surface area contributed by atoms with Gasteiger partial charge in [0.1, 0.15) is 6.04 Å². The maximum atomic E-state index is 12.6. The Morgan fingerprint density at radius 1 is 1.23 bits per heavy atom. The van der Waals surface area contributed by atoms with Crippen molar-refractivity contribution in [2.75, 3.05) is 12.3 Å². The highest BCUT2D eigenvalue weighted by atomic mass is 32.2. The van der Waals surface area contributed by atoms with Gasteiger partial charge in [0, 0.05) is 24.6 Å². The summed E-state index contributed by atoms with van der Waals surface area (Å²) < 4.78 is 1.99. The number of carbonyl (C=O) groups is 2. The van der Waals surface area contributed by atoms with Crippen LogP contribution in [0.1, 0.15) is 30.4 Å². The molecule has 2 aromatic rings. The van der Waals surface area contributed by atoms with E-state index in [1.54, 1.807) is 11.1 Å². The number of primary amides is 1. The molecule has 6 nitrogen and oxygen atoms in total. The van der Waals surface area contributed by atoms with E-state index in [1.807, 2.05) is 10.8 Å². The van der Waals surface area contributed by atoms with E-state index >= 15 is 0 Å². The van der Waals surface area contributed by atoms with Crippen molar-refractivity contribution in [1.29, 1.82) is 0 Å². The van der Waals surface area contributed by atoms with Gasteiger partial charge in [-0.15, -0.1) is 0 Å². The third-order valence-corrected chi connectivity index (χ3v) is 5.52. The summed E-state index contributed by atoms with van der Waals surface area (Å²) in [5, 5.41) is 0.760. The van der Waals surface area contributed by atoms with Crippen LogP contribution >= 0.6 is 11.8 Å². The third-order valence-electron chi connectivity index (χ3n) is 4.57. The molecule has 3 rings (SSSR count). The number of nitrogens with two attached hydrogens (primary N) is 1. The average Bonchev–Trinajstić information content (AvgIpc) is 3.07. The molecule has 0 bridgehead atoms. The van der Waals surface area contributed by atoms with Crippen LogP contribution in [0.5, 0.6) is 0 Å². The summed E-state index contributed by atoms with van der Waals surface area (Å²) in [7, 11) is 0. The molecule has 2 heterocycles. The van der Waals surface area contributed by atoms with Gasteiger partial charge in [-0.25, -0.2) is 4.98 Å². The molecule has 1 aliphatic rings. The molecule has 1 atom stereocenters. The molecule has 0 aliphatic carbocycles. The van der Waals surface area contributed by atoms with Crippen LogP contribution < -0.4 is 5.73 Å². The van der Waals surface area contributed by atoms with Gasteiger partial charge in [-0.05, 0) is 56.4 Å². The highest BCUT2D eigenvalue weighted by Gasteiger charge is 2.30. The van der Waals surface area contributed by atoms with Crippen LogP contribution in [0.25, 0.3) is 5.69 Å². The minimum absolute atomic E-state index is 0.0616. The Kier molecular flexibility index (Phi) is 5.66. The molecule has 26 heavy (non-hydrogen) atoms. The molecule has 1 unspecified atom stereocenters. The number of hydrogen-bond acceptors (Lipinski definition) is 4. The van der Waals surface area contributed by atoms with Gasteiger partial charge in [-0.2, -0.15) is 0 Å². The van der Waals surface area contributed by atoms with Crippen LogP contribution in [0.3, 0.4) is 0 Å². The van der Waals surface area contributed by atoms with Gasteiger partial charge >= 0.3 is 0 Å². The zero-order chi connectivity index (χ0) is 18.7. The summed E-state index contributed by atoms with van der Waals surface area (Å²) in [6.45, 7) is 4.71. The van der Waals surface area contributed by atoms with Crippen LogP contribution in [0.2, 0.25) is 0 Å². The highest BCUT2D eigenvalue weighted by molar-refractivity contribution is 7.99. The molecule has 1 aliphatic heterocycles. The van der Waals surface area contributed by atoms with Crippen molar-refractivity contribution in [2.45, 2.75) is 44.3 Å². The summed E-state index contributed by atoms with van der Waals surface area (Å²) in [5.41, 5.74) is 8.85. The number of nitrogens with zero attached hydrogens (tertiary/aromatic N) is 3. The fourth-order valence-electron chi connectivity index (χ4n) is 3.42. The van der Waals surface area contributed by atoms with E-state index in [1.165, 1.54) is 22.9 Å². The van der Waals surface area contributed by atoms with Crippen molar-refractivity contribution in [2.24, 2.45) is 5.73 Å². The molecule has 1 aromatic heterocycles. The molecular formula is C19H24N4O2S. The Morgan fingerprint density at radius 3 is 2.65 bits per heavy atom. The molecule has 0 spiro atoms. The van der Waals surface area contributed by atoms with Crippen molar-refractivity contribution >= 4 is 23.6 Å². The number of rotatable bonds is 5. The van der Waals surface area contributed by atoms with Gasteiger partial charge < -0.3 is 10.6 Å². The predicted molar refractivity (Wildman–Crippen MR) is 102 cm³/mol. The van der Waals surface area contributed by atoms with Gasteiger partial charge in [0.15, 0.2) is 5.16 Å². The summed E-state index contributed by atoms with van der Waals surface area (Å²) in [5.74, 6) is -0.237. The molecule has 2 amide bonds. The number of carbonyl (C=O) groups excluding carboxylic acids is 2. The van der Waals surface area contributed by atoms with Gasteiger partial charge in [-0.1, -0.05) is 17.8 Å². The van der Waals surface area contributed by atoms with E-state index in [2.05, 4.69) is 37.0 Å². The lowest BCUT2D eigenvalue weighted by atomic mass is 10.0. The maximum Gasteiger partial charge on any atom is 0.240 e. The van der Waals surface area contributed by atoms with Crippen molar-refractivity contribution in [3.63, 3.8) is 0 Å². The largest absolute Gasteiger partial charge is 0.368 e. The molecule has 7 heteroatoms. The molecule has 0 saturated carbocycles. The number of imidazole rings is 1. The van der Waals surface area contributed by atoms with Gasteiger partial charge in [0.25, 0.3) is 0 Å². The standard InChI is InChI=1S/C19H24N4O2S/c1-13-9-14(2)11-15(10-13)22-8-6-21-19(22)26-12-17(24)23-7-4-3-5-16(23)18(20)25/h6,8-11,16H,3-5,7,12H2,1-2H3,(H2,20,25). The predicted octanol–water partition coefficient (Wildman–Crippen LogP) is 2.45. The second-order valence-corrected chi connectivity index (χ2v) is 7.66. The summed E-state index contributed by atoms with van der Waals surface area (Å²) in [6, 6.07) is 5.83. The van der Waals surface area contributed by atoms with Crippen LogP contribution in [0, 0.1) is 13.8 Å². The fourth-order valence-corrected chi connectivity index (χ4v) is 4.28. The number of piperidine rings is 1. The lowest BCUT2D eigenvalue weighted by molar-refractivity contribution is -0.138. The Bertz CT molecular complexity index is 797. The number of likely N-dealkylation sites (tertiary alicyclic amines) is 1. The van der Waals surface area contributed by atoms with Gasteiger partial charge in [-0.3, -0.25) is 14.2 Å². The SMILES string of the molecule is Cc1cc(C)cc(-n2ccnc2SCC(=O)N2CCCCC2C(N)=O)c1. The van der Waals surface area contributed by atoms with Crippen LogP contribution in [0.15, 0.2) is 35.7 Å². The van der Waals surface area contributed by atoms with Crippen LogP contribution in [0.4, 0.5) is 0 Å². The normalized spacial score (nSPS) is 17.3. The first-order valence-electron chi connectivity index (χ1n) is 8.79. The Hall–Kier alpha value is -2.28. The zero-order valence-corrected chi connectivity index (χ0v) is 16.0. The Balaban J connectivity index is 1.71. The minimum atomic E-state index is -0.476. The number of aryl methyl sites for hydroxylation is 2. The first-order chi connectivity index (χ1) is 12.5. The van der Waals surface area contributed by atoms with Gasteiger partial charge in [0.2, 0.25) is 11.8 Å². The third kappa shape index (κ3) is 4.09. The molecule has 0 radical (unpaired) electrons. The molecule has 2 N–H and O–H groups in total. The molecule has 1 saturated heterocycles. The number of aromatic nitrogens is 2. The van der Waals surface area contributed by atoms with E-state index < -0.39 is 11.9 Å². The van der Waals surface area contributed by atoms with E-state index in [0.717, 1.165) is 23.7 Å². The Morgan fingerprint density at radius 2 is 1.96 bits per heavy atom. The number of benzene rings is 1. The number of hydrogen-bond donors (Lipinski definition) is 1. The summed E-state index contributed by atoms with van der Waals surface area (Å²) in [6.07, 6.45) is 6.13. The van der Waals surface area contributed by atoms with Crippen LogP contribution in [-0.4, -0.2) is 44.6 Å². The number of amides is 2. The van der Waals surface area contributed by atoms with E-state index in [4.69, 9.17) is 5.73 Å². The average molecular weight is 372 g/mol. The Labute approximate surface area is 157 Å². The lowest BCUT2D eigenvalue weighted by Crippen LogP contribution is -2.51. The minimum Gasteiger partial charge on any atom is -0.368 e.